The van der Waals surface area contributed by atoms with E-state index in [0.29, 0.717) is 36.0 Å². The molecular formula is C15H24N2O2S. The first kappa shape index (κ1) is 15.3. The van der Waals surface area contributed by atoms with Crippen molar-refractivity contribution in [3.8, 4) is 0 Å². The molecule has 2 rings (SSSR count). The van der Waals surface area contributed by atoms with Gasteiger partial charge in [-0.2, -0.15) is 4.31 Å². The standard InChI is InChI=1S/C15H24N2O2S/c1-3-12-6-5-9-17(11-12)20(18,19)15-10-14(16)8-7-13(15)4-2/h7-8,10,12H,3-6,9,11,16H2,1-2H3. The van der Waals surface area contributed by atoms with E-state index in [0.717, 1.165) is 24.8 Å². The molecule has 1 fully saturated rings. The molecule has 1 unspecified atom stereocenters. The maximum Gasteiger partial charge on any atom is 0.243 e. The summed E-state index contributed by atoms with van der Waals surface area (Å²) in [6.45, 7) is 5.35. The minimum atomic E-state index is -3.42. The number of piperidine rings is 1. The summed E-state index contributed by atoms with van der Waals surface area (Å²) >= 11 is 0. The predicted octanol–water partition coefficient (Wildman–Crippen LogP) is 2.64. The highest BCUT2D eigenvalue weighted by atomic mass is 32.2. The summed E-state index contributed by atoms with van der Waals surface area (Å²) in [5.74, 6) is 0.477. The second-order valence-corrected chi connectivity index (χ2v) is 7.41. The van der Waals surface area contributed by atoms with Crippen LogP contribution in [-0.2, 0) is 16.4 Å². The van der Waals surface area contributed by atoms with Gasteiger partial charge in [0.25, 0.3) is 0 Å². The number of rotatable bonds is 4. The van der Waals surface area contributed by atoms with Crippen LogP contribution in [0.4, 0.5) is 5.69 Å². The smallest absolute Gasteiger partial charge is 0.243 e. The average molecular weight is 296 g/mol. The van der Waals surface area contributed by atoms with Crippen LogP contribution in [0.2, 0.25) is 0 Å². The Morgan fingerprint density at radius 2 is 2.10 bits per heavy atom. The van der Waals surface area contributed by atoms with Crippen molar-refractivity contribution in [3.05, 3.63) is 23.8 Å². The van der Waals surface area contributed by atoms with Gasteiger partial charge >= 0.3 is 0 Å². The molecule has 0 bridgehead atoms. The largest absolute Gasteiger partial charge is 0.399 e. The minimum absolute atomic E-state index is 0.386. The van der Waals surface area contributed by atoms with Crippen LogP contribution in [0.25, 0.3) is 0 Å². The highest BCUT2D eigenvalue weighted by Gasteiger charge is 2.30. The fraction of sp³-hybridized carbons (Fsp3) is 0.600. The van der Waals surface area contributed by atoms with Gasteiger partial charge in [0.1, 0.15) is 0 Å². The summed E-state index contributed by atoms with van der Waals surface area (Å²) in [6, 6.07) is 5.19. The molecule has 0 saturated carbocycles. The molecule has 20 heavy (non-hydrogen) atoms. The molecule has 1 heterocycles. The molecule has 1 aromatic carbocycles. The van der Waals surface area contributed by atoms with E-state index >= 15 is 0 Å². The molecule has 1 aliphatic rings. The van der Waals surface area contributed by atoms with Crippen molar-refractivity contribution >= 4 is 15.7 Å². The molecule has 0 amide bonds. The van der Waals surface area contributed by atoms with Crippen LogP contribution in [0.1, 0.15) is 38.7 Å². The van der Waals surface area contributed by atoms with E-state index in [4.69, 9.17) is 5.73 Å². The molecule has 0 aliphatic carbocycles. The Balaban J connectivity index is 2.37. The number of nitrogens with two attached hydrogens (primary N) is 1. The molecule has 2 N–H and O–H groups in total. The second kappa shape index (κ2) is 6.14. The average Bonchev–Trinajstić information content (AvgIpc) is 2.47. The third-order valence-electron chi connectivity index (χ3n) is 4.15. The van der Waals surface area contributed by atoms with Crippen molar-refractivity contribution in [2.24, 2.45) is 5.92 Å². The molecule has 0 radical (unpaired) electrons. The number of anilines is 1. The number of nitrogen functional groups attached to an aromatic ring is 1. The topological polar surface area (TPSA) is 63.4 Å². The van der Waals surface area contributed by atoms with Crippen molar-refractivity contribution in [1.29, 1.82) is 0 Å². The Kier molecular flexibility index (Phi) is 4.70. The molecule has 5 heteroatoms. The first-order chi connectivity index (χ1) is 9.48. The lowest BCUT2D eigenvalue weighted by molar-refractivity contribution is 0.261. The maximum atomic E-state index is 12.9. The van der Waals surface area contributed by atoms with Crippen molar-refractivity contribution in [1.82, 2.24) is 4.31 Å². The molecule has 112 valence electrons. The predicted molar refractivity (Wildman–Crippen MR) is 82.0 cm³/mol. The Bertz CT molecular complexity index is 569. The third-order valence-corrected chi connectivity index (χ3v) is 6.10. The first-order valence-electron chi connectivity index (χ1n) is 7.37. The van der Waals surface area contributed by atoms with Gasteiger partial charge in [-0.1, -0.05) is 26.3 Å². The molecule has 1 aliphatic heterocycles. The number of aryl methyl sites for hydroxylation is 1. The van der Waals surface area contributed by atoms with Crippen molar-refractivity contribution in [2.45, 2.75) is 44.4 Å². The van der Waals surface area contributed by atoms with Crippen molar-refractivity contribution in [2.75, 3.05) is 18.8 Å². The molecule has 1 saturated heterocycles. The van der Waals surface area contributed by atoms with E-state index in [1.807, 2.05) is 13.0 Å². The van der Waals surface area contributed by atoms with Gasteiger partial charge in [0.05, 0.1) is 4.90 Å². The molecule has 1 aromatic rings. The number of hydrogen-bond donors (Lipinski definition) is 1. The summed E-state index contributed by atoms with van der Waals surface area (Å²) in [5, 5.41) is 0. The van der Waals surface area contributed by atoms with Gasteiger partial charge in [-0.15, -0.1) is 0 Å². The molecular weight excluding hydrogens is 272 g/mol. The van der Waals surface area contributed by atoms with Crippen LogP contribution in [0.15, 0.2) is 23.1 Å². The Morgan fingerprint density at radius 3 is 2.75 bits per heavy atom. The Hall–Kier alpha value is -1.07. The van der Waals surface area contributed by atoms with Crippen LogP contribution in [0, 0.1) is 5.92 Å². The Labute approximate surface area is 122 Å². The van der Waals surface area contributed by atoms with E-state index in [1.165, 1.54) is 0 Å². The third kappa shape index (κ3) is 2.99. The van der Waals surface area contributed by atoms with E-state index in [1.54, 1.807) is 16.4 Å². The number of hydrogen-bond acceptors (Lipinski definition) is 3. The molecule has 1 atom stereocenters. The zero-order chi connectivity index (χ0) is 14.8. The van der Waals surface area contributed by atoms with Crippen LogP contribution in [0.3, 0.4) is 0 Å². The lowest BCUT2D eigenvalue weighted by atomic mass is 9.97. The van der Waals surface area contributed by atoms with E-state index in [9.17, 15) is 8.42 Å². The van der Waals surface area contributed by atoms with Crippen LogP contribution in [0.5, 0.6) is 0 Å². The lowest BCUT2D eigenvalue weighted by Crippen LogP contribution is -2.40. The number of benzene rings is 1. The van der Waals surface area contributed by atoms with Gasteiger partial charge in [0.15, 0.2) is 0 Å². The molecule has 0 aromatic heterocycles. The highest BCUT2D eigenvalue weighted by molar-refractivity contribution is 7.89. The van der Waals surface area contributed by atoms with Gasteiger partial charge in [0.2, 0.25) is 10.0 Å². The van der Waals surface area contributed by atoms with E-state index in [2.05, 4.69) is 6.92 Å². The summed E-state index contributed by atoms with van der Waals surface area (Å²) in [4.78, 5) is 0.386. The van der Waals surface area contributed by atoms with Gasteiger partial charge in [-0.05, 0) is 42.9 Å². The number of nitrogens with zero attached hydrogens (tertiary/aromatic N) is 1. The van der Waals surface area contributed by atoms with Crippen LogP contribution >= 0.6 is 0 Å². The zero-order valence-corrected chi connectivity index (χ0v) is 13.1. The van der Waals surface area contributed by atoms with Crippen molar-refractivity contribution < 1.29 is 8.42 Å². The normalized spacial score (nSPS) is 21.0. The fourth-order valence-electron chi connectivity index (χ4n) is 2.82. The van der Waals surface area contributed by atoms with Gasteiger partial charge in [-0.3, -0.25) is 0 Å². The summed E-state index contributed by atoms with van der Waals surface area (Å²) < 4.78 is 27.3. The quantitative estimate of drug-likeness (QED) is 0.869. The zero-order valence-electron chi connectivity index (χ0n) is 12.3. The lowest BCUT2D eigenvalue weighted by Gasteiger charge is -2.32. The fourth-order valence-corrected chi connectivity index (χ4v) is 4.70. The van der Waals surface area contributed by atoms with Crippen LogP contribution < -0.4 is 5.73 Å². The molecule has 0 spiro atoms. The van der Waals surface area contributed by atoms with Crippen molar-refractivity contribution in [3.63, 3.8) is 0 Å². The van der Waals surface area contributed by atoms with Crippen LogP contribution in [-0.4, -0.2) is 25.8 Å². The Morgan fingerprint density at radius 1 is 1.35 bits per heavy atom. The maximum absolute atomic E-state index is 12.9. The van der Waals surface area contributed by atoms with E-state index < -0.39 is 10.0 Å². The highest BCUT2D eigenvalue weighted by Crippen LogP contribution is 2.28. The number of sulfonamides is 1. The second-order valence-electron chi connectivity index (χ2n) is 5.50. The summed E-state index contributed by atoms with van der Waals surface area (Å²) in [5.41, 5.74) is 7.13. The van der Waals surface area contributed by atoms with E-state index in [-0.39, 0.29) is 0 Å². The van der Waals surface area contributed by atoms with Gasteiger partial charge < -0.3 is 5.73 Å². The first-order valence-corrected chi connectivity index (χ1v) is 8.81. The van der Waals surface area contributed by atoms with Gasteiger partial charge in [0, 0.05) is 18.8 Å². The summed E-state index contributed by atoms with van der Waals surface area (Å²) in [6.07, 6.45) is 3.80. The van der Waals surface area contributed by atoms with Gasteiger partial charge in [-0.25, -0.2) is 8.42 Å². The monoisotopic (exact) mass is 296 g/mol. The summed E-state index contributed by atoms with van der Waals surface area (Å²) in [7, 11) is -3.42. The minimum Gasteiger partial charge on any atom is -0.399 e. The SMILES string of the molecule is CCc1ccc(N)cc1S(=O)(=O)N1CCCC(CC)C1. The molecule has 4 nitrogen and oxygen atoms in total.